The Balaban J connectivity index is 1.79. The highest BCUT2D eigenvalue weighted by molar-refractivity contribution is 5.87. The van der Waals surface area contributed by atoms with Crippen LogP contribution in [0, 0.1) is 0 Å². The maximum atomic E-state index is 13.0. The minimum Gasteiger partial charge on any atom is -0.507 e. The van der Waals surface area contributed by atoms with Crippen LogP contribution in [-0.2, 0) is 11.3 Å². The number of hydrogen-bond donors (Lipinski definition) is 8. The third-order valence-electron chi connectivity index (χ3n) is 5.54. The Hall–Kier alpha value is -3.39. The molecule has 182 valence electrons. The summed E-state index contributed by atoms with van der Waals surface area (Å²) in [5.41, 5.74) is -1.01. The Labute approximate surface area is 190 Å². The molecule has 0 spiro atoms. The van der Waals surface area contributed by atoms with E-state index in [0.717, 1.165) is 18.2 Å². The van der Waals surface area contributed by atoms with Gasteiger partial charge in [0.25, 0.3) is 0 Å². The highest BCUT2D eigenvalue weighted by Crippen LogP contribution is 2.36. The largest absolute Gasteiger partial charge is 0.507 e. The predicted octanol–water partition coefficient (Wildman–Crippen LogP) is -0.752. The lowest BCUT2D eigenvalue weighted by molar-refractivity contribution is -0.277. The minimum absolute atomic E-state index is 0.139. The molecule has 5 atom stereocenters. The molecule has 12 heteroatoms. The number of hydrogen-bond acceptors (Lipinski definition) is 12. The van der Waals surface area contributed by atoms with E-state index in [2.05, 4.69) is 0 Å². The zero-order chi connectivity index (χ0) is 24.7. The summed E-state index contributed by atoms with van der Waals surface area (Å²) in [6, 6.07) is 5.82. The van der Waals surface area contributed by atoms with E-state index >= 15 is 0 Å². The van der Waals surface area contributed by atoms with Gasteiger partial charge in [0, 0.05) is 17.7 Å². The van der Waals surface area contributed by atoms with Crippen molar-refractivity contribution in [3.8, 4) is 34.3 Å². The van der Waals surface area contributed by atoms with E-state index in [0.29, 0.717) is 0 Å². The fourth-order valence-corrected chi connectivity index (χ4v) is 3.72. The first kappa shape index (κ1) is 23.8. The molecule has 34 heavy (non-hydrogen) atoms. The topological polar surface area (TPSA) is 211 Å². The lowest BCUT2D eigenvalue weighted by Crippen LogP contribution is -2.60. The molecule has 1 saturated heterocycles. The zero-order valence-corrected chi connectivity index (χ0v) is 17.4. The smallest absolute Gasteiger partial charge is 0.229 e. The predicted molar refractivity (Wildman–Crippen MR) is 113 cm³/mol. The Morgan fingerprint density at radius 3 is 2.26 bits per heavy atom. The SMILES string of the molecule is O=c1c(CO)c(-c2ccc(O)c(O)c2)oc2cc(O[C@@H]3O[C@H](CO)[C@@H](O)[C@H](O)[C@H]3O)cc(O)c12. The van der Waals surface area contributed by atoms with Crippen molar-refractivity contribution in [3.63, 3.8) is 0 Å². The van der Waals surface area contributed by atoms with Crippen LogP contribution >= 0.6 is 0 Å². The normalized spacial score (nSPS) is 24.9. The monoisotopic (exact) mass is 478 g/mol. The van der Waals surface area contributed by atoms with Crippen molar-refractivity contribution in [2.75, 3.05) is 6.61 Å². The molecule has 2 heterocycles. The summed E-state index contributed by atoms with van der Waals surface area (Å²) in [6.07, 6.45) is -7.77. The van der Waals surface area contributed by atoms with Gasteiger partial charge in [0.05, 0.1) is 18.8 Å². The number of aromatic hydroxyl groups is 3. The number of aliphatic hydroxyl groups excluding tert-OH is 5. The lowest BCUT2D eigenvalue weighted by atomic mass is 9.99. The van der Waals surface area contributed by atoms with Gasteiger partial charge in [0.2, 0.25) is 11.7 Å². The first-order valence-corrected chi connectivity index (χ1v) is 10.1. The molecule has 4 rings (SSSR count). The molecule has 0 unspecified atom stereocenters. The van der Waals surface area contributed by atoms with Crippen LogP contribution in [0.4, 0.5) is 0 Å². The van der Waals surface area contributed by atoms with E-state index in [9.17, 15) is 45.6 Å². The number of benzene rings is 2. The molecule has 1 aliphatic heterocycles. The van der Waals surface area contributed by atoms with Crippen molar-refractivity contribution < 1.29 is 54.7 Å². The highest BCUT2D eigenvalue weighted by Gasteiger charge is 2.44. The van der Waals surface area contributed by atoms with Crippen LogP contribution in [-0.4, -0.2) is 78.2 Å². The van der Waals surface area contributed by atoms with Crippen LogP contribution in [0.3, 0.4) is 0 Å². The molecule has 2 aromatic carbocycles. The third-order valence-corrected chi connectivity index (χ3v) is 5.54. The molecule has 1 aliphatic rings. The quantitative estimate of drug-likeness (QED) is 0.213. The summed E-state index contributed by atoms with van der Waals surface area (Å²) in [6.45, 7) is -1.42. The van der Waals surface area contributed by atoms with Gasteiger partial charge in [-0.25, -0.2) is 0 Å². The molecule has 1 aromatic heterocycles. The van der Waals surface area contributed by atoms with Gasteiger partial charge in [0.15, 0.2) is 11.5 Å². The number of fused-ring (bicyclic) bond motifs is 1. The Kier molecular flexibility index (Phi) is 6.36. The van der Waals surface area contributed by atoms with Crippen molar-refractivity contribution in [2.24, 2.45) is 0 Å². The van der Waals surface area contributed by atoms with E-state index in [1.807, 2.05) is 0 Å². The molecule has 0 saturated carbocycles. The molecule has 12 nitrogen and oxygen atoms in total. The Morgan fingerprint density at radius 2 is 1.62 bits per heavy atom. The fraction of sp³-hybridized carbons (Fsp3) is 0.318. The van der Waals surface area contributed by atoms with Gasteiger partial charge in [-0.1, -0.05) is 0 Å². The zero-order valence-electron chi connectivity index (χ0n) is 17.4. The first-order chi connectivity index (χ1) is 16.2. The first-order valence-electron chi connectivity index (χ1n) is 10.1. The van der Waals surface area contributed by atoms with Crippen molar-refractivity contribution in [1.82, 2.24) is 0 Å². The van der Waals surface area contributed by atoms with Crippen LogP contribution < -0.4 is 10.2 Å². The minimum atomic E-state index is -1.71. The van der Waals surface area contributed by atoms with Gasteiger partial charge < -0.3 is 54.7 Å². The standard InChI is InChI=1S/C22H22O12/c23-6-10-17(28)16-13(27)4-9(32-22-20(31)19(30)18(29)15(7-24)34-22)5-14(16)33-21(10)8-1-2-11(25)12(26)3-8/h1-5,15,18-20,22-27,29-31H,6-7H2/t15-,18-,19+,20-,22-/m1/s1. The van der Waals surface area contributed by atoms with E-state index in [1.165, 1.54) is 12.1 Å². The second-order valence-electron chi connectivity index (χ2n) is 7.73. The van der Waals surface area contributed by atoms with E-state index in [-0.39, 0.29) is 33.6 Å². The van der Waals surface area contributed by atoms with Crippen LogP contribution in [0.5, 0.6) is 23.0 Å². The summed E-state index contributed by atoms with van der Waals surface area (Å²) >= 11 is 0. The summed E-state index contributed by atoms with van der Waals surface area (Å²) in [4.78, 5) is 13.0. The summed E-state index contributed by atoms with van der Waals surface area (Å²) < 4.78 is 16.5. The summed E-state index contributed by atoms with van der Waals surface area (Å²) in [5, 5.41) is 78.6. The van der Waals surface area contributed by atoms with Crippen molar-refractivity contribution in [1.29, 1.82) is 0 Å². The lowest BCUT2D eigenvalue weighted by Gasteiger charge is -2.39. The van der Waals surface area contributed by atoms with E-state index < -0.39 is 66.6 Å². The molecule has 3 aromatic rings. The molecular formula is C22H22O12. The van der Waals surface area contributed by atoms with Crippen LogP contribution in [0.2, 0.25) is 0 Å². The van der Waals surface area contributed by atoms with Crippen molar-refractivity contribution in [3.05, 3.63) is 46.1 Å². The van der Waals surface area contributed by atoms with Crippen LogP contribution in [0.25, 0.3) is 22.3 Å². The molecule has 0 bridgehead atoms. The number of rotatable bonds is 5. The molecule has 0 amide bonds. The van der Waals surface area contributed by atoms with Gasteiger partial charge in [-0.15, -0.1) is 0 Å². The maximum absolute atomic E-state index is 13.0. The second-order valence-corrected chi connectivity index (χ2v) is 7.73. The molecule has 8 N–H and O–H groups in total. The van der Waals surface area contributed by atoms with Gasteiger partial charge in [-0.2, -0.15) is 0 Å². The average molecular weight is 478 g/mol. The van der Waals surface area contributed by atoms with Gasteiger partial charge in [0.1, 0.15) is 52.6 Å². The summed E-state index contributed by atoms with van der Waals surface area (Å²) in [5.74, 6) is -1.79. The second kappa shape index (κ2) is 9.10. The highest BCUT2D eigenvalue weighted by atomic mass is 16.7. The van der Waals surface area contributed by atoms with Crippen molar-refractivity contribution >= 4 is 11.0 Å². The Morgan fingerprint density at radius 1 is 0.882 bits per heavy atom. The summed E-state index contributed by atoms with van der Waals surface area (Å²) in [7, 11) is 0. The molecular weight excluding hydrogens is 456 g/mol. The number of phenolic OH excluding ortho intramolecular Hbond substituents is 3. The van der Waals surface area contributed by atoms with Crippen molar-refractivity contribution in [2.45, 2.75) is 37.3 Å². The van der Waals surface area contributed by atoms with E-state index in [4.69, 9.17) is 13.9 Å². The molecule has 0 aliphatic carbocycles. The average Bonchev–Trinajstić information content (AvgIpc) is 2.80. The third kappa shape index (κ3) is 4.03. The van der Waals surface area contributed by atoms with Crippen LogP contribution in [0.15, 0.2) is 39.5 Å². The van der Waals surface area contributed by atoms with Gasteiger partial charge in [-0.05, 0) is 18.2 Å². The molecule has 0 radical (unpaired) electrons. The van der Waals surface area contributed by atoms with Gasteiger partial charge in [-0.3, -0.25) is 4.79 Å². The van der Waals surface area contributed by atoms with Gasteiger partial charge >= 0.3 is 0 Å². The number of aliphatic hydroxyl groups is 5. The Bertz CT molecular complexity index is 1270. The number of phenols is 3. The molecule has 1 fully saturated rings. The number of ether oxygens (including phenoxy) is 2. The van der Waals surface area contributed by atoms with Crippen LogP contribution in [0.1, 0.15) is 5.56 Å². The van der Waals surface area contributed by atoms with E-state index in [1.54, 1.807) is 0 Å². The maximum Gasteiger partial charge on any atom is 0.229 e. The fourth-order valence-electron chi connectivity index (χ4n) is 3.72.